The van der Waals surface area contributed by atoms with Crippen LogP contribution in [0.25, 0.3) is 6.08 Å². The van der Waals surface area contributed by atoms with Crippen molar-refractivity contribution in [3.63, 3.8) is 0 Å². The molecule has 0 saturated carbocycles. The Bertz CT molecular complexity index is 1020. The van der Waals surface area contributed by atoms with E-state index in [1.807, 2.05) is 70.5 Å². The second-order valence-electron chi connectivity index (χ2n) is 9.07. The summed E-state index contributed by atoms with van der Waals surface area (Å²) in [6, 6.07) is 15.1. The van der Waals surface area contributed by atoms with Crippen LogP contribution in [0.2, 0.25) is 0 Å². The molecule has 1 aliphatic rings. The lowest BCUT2D eigenvalue weighted by molar-refractivity contribution is -0.131. The predicted molar refractivity (Wildman–Crippen MR) is 148 cm³/mol. The number of piperazine rings is 1. The number of urea groups is 1. The van der Waals surface area contributed by atoms with E-state index >= 15 is 0 Å². The van der Waals surface area contributed by atoms with Gasteiger partial charge in [0.25, 0.3) is 0 Å². The number of anilines is 1. The highest BCUT2D eigenvalue weighted by atomic mass is 16.5. The molecule has 1 heterocycles. The molecule has 0 bridgehead atoms. The molecule has 8 heteroatoms. The van der Waals surface area contributed by atoms with Gasteiger partial charge in [-0.1, -0.05) is 43.7 Å². The summed E-state index contributed by atoms with van der Waals surface area (Å²) < 4.78 is 10.6. The van der Waals surface area contributed by atoms with Crippen molar-refractivity contribution in [2.24, 2.45) is 0 Å². The number of nitrogens with zero attached hydrogens (tertiary/aromatic N) is 3. The van der Waals surface area contributed by atoms with Crippen molar-refractivity contribution in [3.05, 3.63) is 60.2 Å². The van der Waals surface area contributed by atoms with Gasteiger partial charge in [-0.2, -0.15) is 0 Å². The number of benzene rings is 2. The Hall–Kier alpha value is -3.52. The predicted octanol–water partition coefficient (Wildman–Crippen LogP) is 4.59. The van der Waals surface area contributed by atoms with E-state index in [-0.39, 0.29) is 11.9 Å². The lowest BCUT2D eigenvalue weighted by atomic mass is 10.2. The lowest BCUT2D eigenvalue weighted by Gasteiger charge is -2.35. The molecule has 0 aromatic heterocycles. The summed E-state index contributed by atoms with van der Waals surface area (Å²) in [7, 11) is 3.28. The van der Waals surface area contributed by atoms with Gasteiger partial charge in [-0.05, 0) is 36.8 Å². The first-order chi connectivity index (χ1) is 18.0. The number of amides is 3. The van der Waals surface area contributed by atoms with Crippen molar-refractivity contribution < 1.29 is 19.1 Å². The molecule has 1 saturated heterocycles. The summed E-state index contributed by atoms with van der Waals surface area (Å²) in [5, 5.41) is 2.95. The maximum Gasteiger partial charge on any atom is 0.321 e. The van der Waals surface area contributed by atoms with E-state index in [9.17, 15) is 9.59 Å². The first kappa shape index (κ1) is 28.1. The van der Waals surface area contributed by atoms with Crippen LogP contribution in [-0.2, 0) is 4.79 Å². The molecule has 1 N–H and O–H groups in total. The molecule has 2 aromatic rings. The van der Waals surface area contributed by atoms with Gasteiger partial charge in [0, 0.05) is 63.5 Å². The summed E-state index contributed by atoms with van der Waals surface area (Å²) in [5.74, 6) is 1.75. The summed E-state index contributed by atoms with van der Waals surface area (Å²) >= 11 is 0. The minimum Gasteiger partial charge on any atom is -0.497 e. The molecule has 0 aliphatic carbocycles. The number of rotatable bonds is 12. The molecule has 1 fully saturated rings. The Labute approximate surface area is 220 Å². The van der Waals surface area contributed by atoms with Crippen LogP contribution in [0.4, 0.5) is 10.5 Å². The van der Waals surface area contributed by atoms with Gasteiger partial charge in [-0.25, -0.2) is 4.79 Å². The molecule has 0 unspecified atom stereocenters. The molecular formula is C29H40N4O4. The summed E-state index contributed by atoms with van der Waals surface area (Å²) in [6.45, 7) is 6.98. The molecule has 1 aliphatic heterocycles. The quantitative estimate of drug-likeness (QED) is 0.454. The van der Waals surface area contributed by atoms with E-state index in [0.29, 0.717) is 32.6 Å². The molecule has 2 aromatic carbocycles. The minimum absolute atomic E-state index is 0.0948. The van der Waals surface area contributed by atoms with Gasteiger partial charge in [-0.15, -0.1) is 0 Å². The molecule has 0 radical (unpaired) electrons. The second-order valence-corrected chi connectivity index (χ2v) is 9.07. The molecule has 200 valence electrons. The highest BCUT2D eigenvalue weighted by molar-refractivity contribution is 5.89. The van der Waals surface area contributed by atoms with Crippen LogP contribution in [0, 0.1) is 0 Å². The highest BCUT2D eigenvalue weighted by Gasteiger charge is 2.22. The number of methoxy groups -OCH3 is 2. The number of hydrogen-bond donors (Lipinski definition) is 1. The SMILES string of the molecule is CCCCC(=O)N(C/C=C/c1ccccc1OC)CCN1CCN(C(=O)Nc2ccc(OC)cc2)CC1. The van der Waals surface area contributed by atoms with E-state index in [4.69, 9.17) is 9.47 Å². The number of carbonyl (C=O) groups is 2. The van der Waals surface area contributed by atoms with Gasteiger partial charge >= 0.3 is 6.03 Å². The van der Waals surface area contributed by atoms with E-state index in [2.05, 4.69) is 17.1 Å². The second kappa shape index (κ2) is 14.9. The number of unbranched alkanes of at least 4 members (excludes halogenated alkanes) is 1. The minimum atomic E-state index is -0.0948. The van der Waals surface area contributed by atoms with Crippen LogP contribution in [0.5, 0.6) is 11.5 Å². The molecule has 8 nitrogen and oxygen atoms in total. The van der Waals surface area contributed by atoms with E-state index in [1.54, 1.807) is 14.2 Å². The number of nitrogens with one attached hydrogen (secondary N) is 1. The number of hydrogen-bond acceptors (Lipinski definition) is 5. The Morgan fingerprint density at radius 3 is 2.41 bits per heavy atom. The Balaban J connectivity index is 1.48. The summed E-state index contributed by atoms with van der Waals surface area (Å²) in [6.07, 6.45) is 6.51. The van der Waals surface area contributed by atoms with Crippen molar-refractivity contribution in [1.29, 1.82) is 0 Å². The third-order valence-electron chi connectivity index (χ3n) is 6.55. The van der Waals surface area contributed by atoms with Crippen molar-refractivity contribution in [3.8, 4) is 11.5 Å². The third kappa shape index (κ3) is 8.82. The Morgan fingerprint density at radius 1 is 1.00 bits per heavy atom. The van der Waals surface area contributed by atoms with Gasteiger partial charge in [0.2, 0.25) is 5.91 Å². The van der Waals surface area contributed by atoms with E-state index in [1.165, 1.54) is 0 Å². The molecule has 0 atom stereocenters. The largest absolute Gasteiger partial charge is 0.497 e. The van der Waals surface area contributed by atoms with Crippen LogP contribution in [0.1, 0.15) is 31.7 Å². The fraction of sp³-hybridized carbons (Fsp3) is 0.448. The first-order valence-electron chi connectivity index (χ1n) is 13.0. The van der Waals surface area contributed by atoms with Crippen LogP contribution in [-0.4, -0.2) is 86.7 Å². The van der Waals surface area contributed by atoms with Crippen molar-refractivity contribution >= 4 is 23.7 Å². The van der Waals surface area contributed by atoms with Gasteiger partial charge in [-0.3, -0.25) is 9.69 Å². The molecule has 3 rings (SSSR count). The zero-order valence-corrected chi connectivity index (χ0v) is 22.3. The fourth-order valence-corrected chi connectivity index (χ4v) is 4.23. The van der Waals surface area contributed by atoms with Crippen LogP contribution >= 0.6 is 0 Å². The van der Waals surface area contributed by atoms with Gasteiger partial charge in [0.1, 0.15) is 11.5 Å². The first-order valence-corrected chi connectivity index (χ1v) is 13.0. The topological polar surface area (TPSA) is 74.4 Å². The van der Waals surface area contributed by atoms with E-state index in [0.717, 1.165) is 55.2 Å². The van der Waals surface area contributed by atoms with Crippen molar-refractivity contribution in [2.45, 2.75) is 26.2 Å². The Morgan fingerprint density at radius 2 is 1.73 bits per heavy atom. The standard InChI is InChI=1S/C29H40N4O4/c1-4-5-12-28(34)32(17-8-10-24-9-6-7-11-27(24)37-3)21-18-31-19-22-33(23-20-31)29(35)30-25-13-15-26(36-2)16-14-25/h6-11,13-16H,4-5,12,17-23H2,1-3H3,(H,30,35)/b10-8+. The normalized spacial score (nSPS) is 14.0. The fourth-order valence-electron chi connectivity index (χ4n) is 4.23. The number of ether oxygens (including phenoxy) is 2. The smallest absolute Gasteiger partial charge is 0.321 e. The monoisotopic (exact) mass is 508 g/mol. The molecule has 37 heavy (non-hydrogen) atoms. The van der Waals surface area contributed by atoms with Gasteiger partial charge in [0.05, 0.1) is 14.2 Å². The average molecular weight is 509 g/mol. The zero-order valence-electron chi connectivity index (χ0n) is 22.3. The van der Waals surface area contributed by atoms with Crippen LogP contribution < -0.4 is 14.8 Å². The maximum absolute atomic E-state index is 12.9. The van der Waals surface area contributed by atoms with Crippen LogP contribution in [0.3, 0.4) is 0 Å². The van der Waals surface area contributed by atoms with Gasteiger partial charge < -0.3 is 24.6 Å². The summed E-state index contributed by atoms with van der Waals surface area (Å²) in [4.78, 5) is 31.6. The number of para-hydroxylation sites is 1. The maximum atomic E-state index is 12.9. The third-order valence-corrected chi connectivity index (χ3v) is 6.55. The molecular weight excluding hydrogens is 468 g/mol. The van der Waals surface area contributed by atoms with E-state index < -0.39 is 0 Å². The molecule has 3 amide bonds. The van der Waals surface area contributed by atoms with Crippen LogP contribution in [0.15, 0.2) is 54.6 Å². The highest BCUT2D eigenvalue weighted by Crippen LogP contribution is 2.19. The summed E-state index contributed by atoms with van der Waals surface area (Å²) in [5.41, 5.74) is 1.74. The molecule has 0 spiro atoms. The van der Waals surface area contributed by atoms with Crippen molar-refractivity contribution in [1.82, 2.24) is 14.7 Å². The van der Waals surface area contributed by atoms with Gasteiger partial charge in [0.15, 0.2) is 0 Å². The lowest BCUT2D eigenvalue weighted by Crippen LogP contribution is -2.51. The average Bonchev–Trinajstić information content (AvgIpc) is 2.94. The Kier molecular flexibility index (Phi) is 11.3. The zero-order chi connectivity index (χ0) is 26.5. The number of carbonyl (C=O) groups excluding carboxylic acids is 2. The van der Waals surface area contributed by atoms with Crippen molar-refractivity contribution in [2.75, 3.05) is 65.3 Å².